The Bertz CT molecular complexity index is 562. The lowest BCUT2D eigenvalue weighted by molar-refractivity contribution is 0.192. The first-order valence-electron chi connectivity index (χ1n) is 7.02. The quantitative estimate of drug-likeness (QED) is 0.903. The summed E-state index contributed by atoms with van der Waals surface area (Å²) in [6.07, 6.45) is 1.91. The molecule has 1 unspecified atom stereocenters. The summed E-state index contributed by atoms with van der Waals surface area (Å²) in [6.45, 7) is 2.40. The van der Waals surface area contributed by atoms with Crippen LogP contribution in [0.1, 0.15) is 23.7 Å². The zero-order valence-electron chi connectivity index (χ0n) is 11.6. The Labute approximate surface area is 118 Å². The van der Waals surface area contributed by atoms with Gasteiger partial charge in [0.15, 0.2) is 5.82 Å². The van der Waals surface area contributed by atoms with Crippen molar-refractivity contribution in [2.45, 2.75) is 18.8 Å². The van der Waals surface area contributed by atoms with Gasteiger partial charge in [0.05, 0.1) is 6.61 Å². The van der Waals surface area contributed by atoms with Crippen molar-refractivity contribution in [3.05, 3.63) is 35.7 Å². The molecule has 1 aliphatic rings. The number of nitrogens with zero attached hydrogens (tertiary/aromatic N) is 2. The van der Waals surface area contributed by atoms with Gasteiger partial charge in [-0.1, -0.05) is 23.4 Å². The van der Waals surface area contributed by atoms with Gasteiger partial charge in [-0.3, -0.25) is 0 Å². The van der Waals surface area contributed by atoms with Gasteiger partial charge >= 0.3 is 0 Å². The molecule has 106 valence electrons. The SMILES string of the molecule is CNCCc1ccccc1-c1nc(C2CCOC2)no1. The topological polar surface area (TPSA) is 60.2 Å². The van der Waals surface area contributed by atoms with Gasteiger partial charge in [0.25, 0.3) is 5.89 Å². The minimum atomic E-state index is 0.275. The number of hydrogen-bond donors (Lipinski definition) is 1. The Morgan fingerprint density at radius 1 is 1.35 bits per heavy atom. The van der Waals surface area contributed by atoms with Gasteiger partial charge in [0.1, 0.15) is 0 Å². The molecule has 0 amide bonds. The Balaban J connectivity index is 1.85. The molecule has 0 aliphatic carbocycles. The third kappa shape index (κ3) is 2.73. The summed E-state index contributed by atoms with van der Waals surface area (Å²) in [7, 11) is 1.95. The Morgan fingerprint density at radius 3 is 3.05 bits per heavy atom. The standard InChI is InChI=1S/C15H19N3O2/c1-16-8-6-11-4-2-3-5-13(11)15-17-14(18-20-15)12-7-9-19-10-12/h2-5,12,16H,6-10H2,1H3. The molecule has 1 fully saturated rings. The molecule has 5 heteroatoms. The van der Waals surface area contributed by atoms with E-state index in [2.05, 4.69) is 21.5 Å². The van der Waals surface area contributed by atoms with Crippen LogP contribution in [0.5, 0.6) is 0 Å². The molecule has 1 aromatic carbocycles. The van der Waals surface area contributed by atoms with Crippen LogP contribution in [0, 0.1) is 0 Å². The summed E-state index contributed by atoms with van der Waals surface area (Å²) < 4.78 is 10.8. The summed E-state index contributed by atoms with van der Waals surface area (Å²) in [5.74, 6) is 1.65. The highest BCUT2D eigenvalue weighted by molar-refractivity contribution is 5.58. The van der Waals surface area contributed by atoms with Crippen molar-refractivity contribution in [2.24, 2.45) is 0 Å². The maximum atomic E-state index is 5.45. The molecule has 1 saturated heterocycles. The first-order chi connectivity index (χ1) is 9.88. The van der Waals surface area contributed by atoms with Gasteiger partial charge in [0, 0.05) is 18.1 Å². The number of likely N-dealkylation sites (N-methyl/N-ethyl adjacent to an activating group) is 1. The fourth-order valence-electron chi connectivity index (χ4n) is 2.45. The lowest BCUT2D eigenvalue weighted by Crippen LogP contribution is -2.10. The van der Waals surface area contributed by atoms with Gasteiger partial charge in [-0.05, 0) is 38.1 Å². The monoisotopic (exact) mass is 273 g/mol. The fraction of sp³-hybridized carbons (Fsp3) is 0.467. The maximum absolute atomic E-state index is 5.45. The van der Waals surface area contributed by atoms with Crippen LogP contribution in [0.3, 0.4) is 0 Å². The Kier molecular flexibility index (Phi) is 4.08. The molecule has 0 saturated carbocycles. The molecular formula is C15H19N3O2. The summed E-state index contributed by atoms with van der Waals surface area (Å²) in [6, 6.07) is 8.18. The van der Waals surface area contributed by atoms with Crippen LogP contribution in [-0.2, 0) is 11.2 Å². The molecule has 1 aromatic heterocycles. The molecule has 0 radical (unpaired) electrons. The lowest BCUT2D eigenvalue weighted by atomic mass is 10.0. The van der Waals surface area contributed by atoms with E-state index in [1.165, 1.54) is 5.56 Å². The lowest BCUT2D eigenvalue weighted by Gasteiger charge is -2.05. The number of benzene rings is 1. The van der Waals surface area contributed by atoms with Crippen LogP contribution < -0.4 is 5.32 Å². The molecule has 5 nitrogen and oxygen atoms in total. The molecule has 0 spiro atoms. The Hall–Kier alpha value is -1.72. The molecule has 20 heavy (non-hydrogen) atoms. The molecule has 1 aliphatic heterocycles. The Morgan fingerprint density at radius 2 is 2.25 bits per heavy atom. The van der Waals surface area contributed by atoms with Gasteiger partial charge < -0.3 is 14.6 Å². The van der Waals surface area contributed by atoms with Crippen molar-refractivity contribution < 1.29 is 9.26 Å². The minimum absolute atomic E-state index is 0.275. The maximum Gasteiger partial charge on any atom is 0.258 e. The summed E-state index contributed by atoms with van der Waals surface area (Å²) in [5.41, 5.74) is 2.25. The number of nitrogens with one attached hydrogen (secondary N) is 1. The van der Waals surface area contributed by atoms with E-state index in [0.717, 1.165) is 37.4 Å². The van der Waals surface area contributed by atoms with Gasteiger partial charge in [-0.25, -0.2) is 0 Å². The van der Waals surface area contributed by atoms with E-state index < -0.39 is 0 Å². The summed E-state index contributed by atoms with van der Waals surface area (Å²) in [5, 5.41) is 7.28. The predicted octanol–water partition coefficient (Wildman–Crippen LogP) is 2.00. The minimum Gasteiger partial charge on any atom is -0.381 e. The van der Waals surface area contributed by atoms with Crippen LogP contribution in [0.25, 0.3) is 11.5 Å². The molecule has 3 rings (SSSR count). The van der Waals surface area contributed by atoms with Crippen molar-refractivity contribution >= 4 is 0 Å². The average Bonchev–Trinajstić information content (AvgIpc) is 3.15. The van der Waals surface area contributed by atoms with Gasteiger partial charge in [0.2, 0.25) is 0 Å². The third-order valence-corrected chi connectivity index (χ3v) is 3.63. The van der Waals surface area contributed by atoms with Crippen molar-refractivity contribution in [1.82, 2.24) is 15.5 Å². The van der Waals surface area contributed by atoms with Crippen LogP contribution in [0.2, 0.25) is 0 Å². The predicted molar refractivity (Wildman–Crippen MR) is 75.5 cm³/mol. The highest BCUT2D eigenvalue weighted by atomic mass is 16.5. The zero-order valence-corrected chi connectivity index (χ0v) is 11.6. The van der Waals surface area contributed by atoms with E-state index in [4.69, 9.17) is 9.26 Å². The normalized spacial score (nSPS) is 18.6. The second-order valence-corrected chi connectivity index (χ2v) is 5.03. The molecule has 2 aromatic rings. The second kappa shape index (κ2) is 6.15. The fourth-order valence-corrected chi connectivity index (χ4v) is 2.45. The molecule has 1 N–H and O–H groups in total. The largest absolute Gasteiger partial charge is 0.381 e. The smallest absolute Gasteiger partial charge is 0.258 e. The molecular weight excluding hydrogens is 254 g/mol. The highest BCUT2D eigenvalue weighted by Gasteiger charge is 2.23. The zero-order chi connectivity index (χ0) is 13.8. The second-order valence-electron chi connectivity index (χ2n) is 5.03. The van der Waals surface area contributed by atoms with Crippen molar-refractivity contribution in [2.75, 3.05) is 26.8 Å². The average molecular weight is 273 g/mol. The molecule has 1 atom stereocenters. The van der Waals surface area contributed by atoms with E-state index in [1.54, 1.807) is 0 Å². The molecule has 0 bridgehead atoms. The van der Waals surface area contributed by atoms with E-state index in [9.17, 15) is 0 Å². The van der Waals surface area contributed by atoms with E-state index in [0.29, 0.717) is 12.5 Å². The van der Waals surface area contributed by atoms with Crippen molar-refractivity contribution in [3.8, 4) is 11.5 Å². The number of hydrogen-bond acceptors (Lipinski definition) is 5. The van der Waals surface area contributed by atoms with Crippen LogP contribution >= 0.6 is 0 Å². The van der Waals surface area contributed by atoms with Crippen molar-refractivity contribution in [3.63, 3.8) is 0 Å². The number of ether oxygens (including phenoxy) is 1. The van der Waals surface area contributed by atoms with E-state index in [-0.39, 0.29) is 5.92 Å². The van der Waals surface area contributed by atoms with Crippen molar-refractivity contribution in [1.29, 1.82) is 0 Å². The van der Waals surface area contributed by atoms with E-state index in [1.807, 2.05) is 25.2 Å². The third-order valence-electron chi connectivity index (χ3n) is 3.63. The van der Waals surface area contributed by atoms with Crippen LogP contribution in [0.4, 0.5) is 0 Å². The van der Waals surface area contributed by atoms with E-state index >= 15 is 0 Å². The first kappa shape index (κ1) is 13.3. The number of aromatic nitrogens is 2. The van der Waals surface area contributed by atoms with Crippen LogP contribution in [0.15, 0.2) is 28.8 Å². The highest BCUT2D eigenvalue weighted by Crippen LogP contribution is 2.27. The summed E-state index contributed by atoms with van der Waals surface area (Å²) in [4.78, 5) is 4.55. The summed E-state index contributed by atoms with van der Waals surface area (Å²) >= 11 is 0. The first-order valence-corrected chi connectivity index (χ1v) is 7.02. The van der Waals surface area contributed by atoms with Crippen LogP contribution in [-0.4, -0.2) is 36.9 Å². The number of rotatable bonds is 5. The van der Waals surface area contributed by atoms with Gasteiger partial charge in [-0.2, -0.15) is 4.98 Å². The van der Waals surface area contributed by atoms with Gasteiger partial charge in [-0.15, -0.1) is 0 Å². The molecule has 2 heterocycles.